The van der Waals surface area contributed by atoms with Gasteiger partial charge in [0.15, 0.2) is 0 Å². The number of piperazine rings is 1. The third-order valence-electron chi connectivity index (χ3n) is 3.75. The van der Waals surface area contributed by atoms with Gasteiger partial charge in [0.1, 0.15) is 6.04 Å². The van der Waals surface area contributed by atoms with Gasteiger partial charge in [0.2, 0.25) is 5.91 Å². The maximum absolute atomic E-state index is 12.0. The highest BCUT2D eigenvalue weighted by molar-refractivity contribution is 6.41. The van der Waals surface area contributed by atoms with Crippen molar-refractivity contribution in [2.75, 3.05) is 26.2 Å². The SMILES string of the molecule is N#CC1CCCN1C(=O)C1CNCCN1.O=C(C(=O)C(F)(F)F)C(F)(F)F. The first-order valence-electron chi connectivity index (χ1n) is 7.76. The Hall–Kier alpha value is -2.20. The number of hydrogen-bond donors (Lipinski definition) is 2. The van der Waals surface area contributed by atoms with Crippen LogP contribution < -0.4 is 10.6 Å². The van der Waals surface area contributed by atoms with Gasteiger partial charge in [0.25, 0.3) is 0 Å². The maximum Gasteiger partial charge on any atom is 0.458 e. The Morgan fingerprint density at radius 3 is 1.96 bits per heavy atom. The Morgan fingerprint density at radius 1 is 1.00 bits per heavy atom. The first kappa shape index (κ1) is 22.8. The molecule has 13 heteroatoms. The largest absolute Gasteiger partial charge is 0.458 e. The molecule has 7 nitrogen and oxygen atoms in total. The van der Waals surface area contributed by atoms with Gasteiger partial charge < -0.3 is 15.5 Å². The van der Waals surface area contributed by atoms with Crippen LogP contribution in [0.3, 0.4) is 0 Å². The molecule has 0 aromatic heterocycles. The molecule has 2 atom stereocenters. The van der Waals surface area contributed by atoms with Gasteiger partial charge in [-0.1, -0.05) is 0 Å². The molecule has 2 N–H and O–H groups in total. The number of carbonyl (C=O) groups is 3. The van der Waals surface area contributed by atoms with E-state index in [1.807, 2.05) is 0 Å². The topological polar surface area (TPSA) is 102 Å². The number of amides is 1. The number of rotatable bonds is 2. The summed E-state index contributed by atoms with van der Waals surface area (Å²) >= 11 is 0. The highest BCUT2D eigenvalue weighted by atomic mass is 19.4. The second-order valence-corrected chi connectivity index (χ2v) is 5.68. The summed E-state index contributed by atoms with van der Waals surface area (Å²) in [5.41, 5.74) is 0. The number of carbonyl (C=O) groups excluding carboxylic acids is 3. The number of nitrogens with one attached hydrogen (secondary N) is 2. The third-order valence-corrected chi connectivity index (χ3v) is 3.75. The van der Waals surface area contributed by atoms with E-state index in [1.165, 1.54) is 0 Å². The summed E-state index contributed by atoms with van der Waals surface area (Å²) in [7, 11) is 0. The van der Waals surface area contributed by atoms with Crippen LogP contribution in [0.4, 0.5) is 26.3 Å². The zero-order valence-corrected chi connectivity index (χ0v) is 13.8. The predicted molar refractivity (Wildman–Crippen MR) is 77.1 cm³/mol. The van der Waals surface area contributed by atoms with Crippen molar-refractivity contribution in [1.82, 2.24) is 15.5 Å². The summed E-state index contributed by atoms with van der Waals surface area (Å²) < 4.78 is 67.0. The van der Waals surface area contributed by atoms with Crippen LogP contribution >= 0.6 is 0 Å². The Bertz CT molecular complexity index is 583. The second kappa shape index (κ2) is 9.14. The second-order valence-electron chi connectivity index (χ2n) is 5.68. The van der Waals surface area contributed by atoms with Crippen LogP contribution in [-0.4, -0.2) is 73.0 Å². The van der Waals surface area contributed by atoms with Gasteiger partial charge in [-0.25, -0.2) is 0 Å². The normalized spacial score (nSPS) is 23.1. The van der Waals surface area contributed by atoms with Gasteiger partial charge in [-0.15, -0.1) is 0 Å². The molecular formula is C14H16F6N4O3. The van der Waals surface area contributed by atoms with Gasteiger partial charge in [-0.2, -0.15) is 31.6 Å². The molecule has 2 aliphatic heterocycles. The molecule has 0 aromatic carbocycles. The fourth-order valence-corrected chi connectivity index (χ4v) is 2.45. The molecule has 152 valence electrons. The Balaban J connectivity index is 0.000000279. The molecule has 0 aliphatic carbocycles. The molecule has 0 aromatic rings. The molecule has 0 spiro atoms. The van der Waals surface area contributed by atoms with Crippen LogP contribution in [0.2, 0.25) is 0 Å². The Labute approximate surface area is 149 Å². The number of ketones is 2. The minimum absolute atomic E-state index is 0.0752. The zero-order valence-electron chi connectivity index (χ0n) is 13.8. The lowest BCUT2D eigenvalue weighted by Gasteiger charge is -2.29. The van der Waals surface area contributed by atoms with Crippen molar-refractivity contribution in [2.45, 2.75) is 37.3 Å². The van der Waals surface area contributed by atoms with Crippen molar-refractivity contribution < 1.29 is 40.7 Å². The van der Waals surface area contributed by atoms with Gasteiger partial charge in [-0.05, 0) is 12.8 Å². The monoisotopic (exact) mass is 402 g/mol. The molecule has 27 heavy (non-hydrogen) atoms. The molecule has 2 unspecified atom stereocenters. The molecule has 2 fully saturated rings. The lowest BCUT2D eigenvalue weighted by molar-refractivity contribution is -0.193. The first-order valence-corrected chi connectivity index (χ1v) is 7.76. The van der Waals surface area contributed by atoms with Gasteiger partial charge in [0, 0.05) is 26.2 Å². The summed E-state index contributed by atoms with van der Waals surface area (Å²) in [6.07, 6.45) is -9.77. The number of likely N-dealkylation sites (tertiary alicyclic amines) is 1. The first-order chi connectivity index (χ1) is 12.4. The van der Waals surface area contributed by atoms with Crippen LogP contribution in [0.1, 0.15) is 12.8 Å². The molecule has 0 saturated carbocycles. The Kier molecular flexibility index (Phi) is 7.73. The maximum atomic E-state index is 12.0. The molecular weight excluding hydrogens is 386 g/mol. The number of nitrogens with zero attached hydrogens (tertiary/aromatic N) is 2. The van der Waals surface area contributed by atoms with Crippen molar-refractivity contribution in [3.05, 3.63) is 0 Å². The smallest absolute Gasteiger partial charge is 0.325 e. The molecule has 2 heterocycles. The van der Waals surface area contributed by atoms with E-state index in [2.05, 4.69) is 16.7 Å². The van der Waals surface area contributed by atoms with Gasteiger partial charge in [0.05, 0.1) is 12.1 Å². The average molecular weight is 402 g/mol. The third kappa shape index (κ3) is 6.47. The number of halogens is 6. The van der Waals surface area contributed by atoms with Gasteiger partial charge in [-0.3, -0.25) is 14.4 Å². The zero-order chi connectivity index (χ0) is 20.8. The van der Waals surface area contributed by atoms with E-state index in [0.29, 0.717) is 6.54 Å². The molecule has 2 rings (SSSR count). The predicted octanol–water partition coefficient (Wildman–Crippen LogP) is 0.312. The molecule has 0 radical (unpaired) electrons. The van der Waals surface area contributed by atoms with E-state index >= 15 is 0 Å². The molecule has 2 saturated heterocycles. The lowest BCUT2D eigenvalue weighted by Crippen LogP contribution is -2.57. The van der Waals surface area contributed by atoms with Crippen LogP contribution in [0.15, 0.2) is 0 Å². The quantitative estimate of drug-likeness (QED) is 0.509. The van der Waals surface area contributed by atoms with Crippen molar-refractivity contribution in [3.63, 3.8) is 0 Å². The number of Topliss-reactive ketones (excluding diaryl/α,β-unsaturated/α-hetero) is 2. The van der Waals surface area contributed by atoms with Crippen molar-refractivity contribution in [1.29, 1.82) is 5.26 Å². The fraction of sp³-hybridized carbons (Fsp3) is 0.714. The average Bonchev–Trinajstić information content (AvgIpc) is 3.08. The minimum Gasteiger partial charge on any atom is -0.325 e. The fourth-order valence-electron chi connectivity index (χ4n) is 2.45. The minimum atomic E-state index is -5.77. The molecule has 0 bridgehead atoms. The highest BCUT2D eigenvalue weighted by Gasteiger charge is 2.54. The van der Waals surface area contributed by atoms with E-state index in [4.69, 9.17) is 5.26 Å². The van der Waals surface area contributed by atoms with Crippen LogP contribution in [0, 0.1) is 11.3 Å². The van der Waals surface area contributed by atoms with Crippen molar-refractivity contribution in [2.24, 2.45) is 0 Å². The number of nitriles is 1. The van der Waals surface area contributed by atoms with Crippen LogP contribution in [0.25, 0.3) is 0 Å². The van der Waals surface area contributed by atoms with E-state index < -0.39 is 23.9 Å². The Morgan fingerprint density at radius 2 is 1.56 bits per heavy atom. The van der Waals surface area contributed by atoms with Crippen molar-refractivity contribution in [3.8, 4) is 6.07 Å². The summed E-state index contributed by atoms with van der Waals surface area (Å²) in [6.45, 7) is 3.13. The summed E-state index contributed by atoms with van der Waals surface area (Å²) in [5.74, 6) is -6.74. The van der Waals surface area contributed by atoms with Crippen LogP contribution in [0.5, 0.6) is 0 Å². The van der Waals surface area contributed by atoms with E-state index in [9.17, 15) is 40.7 Å². The standard InChI is InChI=1S/C10H16N4O.C4F6O2/c11-6-8-2-1-5-14(8)10(15)9-7-12-3-4-13-9;5-3(6,7)1(11)2(12)4(8,9)10/h8-9,12-13H,1-5,7H2;. The lowest BCUT2D eigenvalue weighted by atomic mass is 10.2. The van der Waals surface area contributed by atoms with E-state index in [1.54, 1.807) is 4.90 Å². The van der Waals surface area contributed by atoms with Crippen LogP contribution in [-0.2, 0) is 14.4 Å². The van der Waals surface area contributed by atoms with E-state index in [0.717, 1.165) is 32.5 Å². The summed E-state index contributed by atoms with van der Waals surface area (Å²) in [4.78, 5) is 33.0. The molecule has 1 amide bonds. The number of hydrogen-bond acceptors (Lipinski definition) is 6. The van der Waals surface area contributed by atoms with E-state index in [-0.39, 0.29) is 18.0 Å². The van der Waals surface area contributed by atoms with Crippen molar-refractivity contribution >= 4 is 17.5 Å². The summed E-state index contributed by atoms with van der Waals surface area (Å²) in [6, 6.07) is 1.84. The molecule has 2 aliphatic rings. The number of alkyl halides is 6. The summed E-state index contributed by atoms with van der Waals surface area (Å²) in [5, 5.41) is 15.3. The highest BCUT2D eigenvalue weighted by Crippen LogP contribution is 2.24. The van der Waals surface area contributed by atoms with Gasteiger partial charge >= 0.3 is 23.9 Å².